The first-order valence-corrected chi connectivity index (χ1v) is 6.41. The number of nitrogens with two attached hydrogens (primary N) is 1. The van der Waals surface area contributed by atoms with E-state index in [2.05, 4.69) is 0 Å². The maximum Gasteiger partial charge on any atom is 0.332 e. The zero-order chi connectivity index (χ0) is 14.2. The number of aromatic nitrogens is 2. The fourth-order valence-corrected chi connectivity index (χ4v) is 2.35. The molecule has 0 bridgehead atoms. The van der Waals surface area contributed by atoms with Gasteiger partial charge in [-0.3, -0.25) is 4.57 Å². The van der Waals surface area contributed by atoms with E-state index in [0.29, 0.717) is 0 Å². The molecular weight excluding hydrogens is 238 g/mol. The Hall–Kier alpha value is -1.81. The highest BCUT2D eigenvalue weighted by Crippen LogP contribution is 2.15. The molecule has 2 N–H and O–H groups in total. The van der Waals surface area contributed by atoms with E-state index >= 15 is 0 Å². The van der Waals surface area contributed by atoms with Crippen molar-refractivity contribution in [2.45, 2.75) is 32.7 Å². The summed E-state index contributed by atoms with van der Waals surface area (Å²) in [6.45, 7) is 5.93. The lowest BCUT2D eigenvalue weighted by Gasteiger charge is -2.18. The van der Waals surface area contributed by atoms with Gasteiger partial charge in [-0.25, -0.2) is 4.79 Å². The molecule has 2 aromatic rings. The van der Waals surface area contributed by atoms with Crippen molar-refractivity contribution >= 4 is 0 Å². The predicted octanol–water partition coefficient (Wildman–Crippen LogP) is 1.76. The lowest BCUT2D eigenvalue weighted by atomic mass is 9.96. The number of aryl methyl sites for hydroxylation is 2. The third kappa shape index (κ3) is 2.96. The molecular formula is C15H21N3O. The third-order valence-electron chi connectivity index (χ3n) is 3.05. The Morgan fingerprint density at radius 1 is 1.32 bits per heavy atom. The number of benzene rings is 1. The summed E-state index contributed by atoms with van der Waals surface area (Å²) in [4.78, 5) is 12.1. The van der Waals surface area contributed by atoms with Crippen molar-refractivity contribution in [3.8, 4) is 5.69 Å². The van der Waals surface area contributed by atoms with Crippen LogP contribution in [0.5, 0.6) is 0 Å². The lowest BCUT2D eigenvalue weighted by molar-refractivity contribution is 0.516. The van der Waals surface area contributed by atoms with Crippen LogP contribution < -0.4 is 11.4 Å². The average molecular weight is 259 g/mol. The molecule has 4 nitrogen and oxygen atoms in total. The van der Waals surface area contributed by atoms with Gasteiger partial charge in [-0.15, -0.1) is 0 Å². The molecule has 0 fully saturated rings. The molecule has 0 aliphatic rings. The van der Waals surface area contributed by atoms with Crippen LogP contribution in [0.1, 0.15) is 25.1 Å². The molecule has 0 amide bonds. The van der Waals surface area contributed by atoms with Crippen molar-refractivity contribution in [3.63, 3.8) is 0 Å². The molecule has 0 saturated carbocycles. The third-order valence-corrected chi connectivity index (χ3v) is 3.05. The number of hydrogen-bond acceptors (Lipinski definition) is 2. The first-order valence-electron chi connectivity index (χ1n) is 6.41. The molecule has 0 unspecified atom stereocenters. The average Bonchev–Trinajstić information content (AvgIpc) is 2.51. The first kappa shape index (κ1) is 13.6. The van der Waals surface area contributed by atoms with Gasteiger partial charge in [-0.2, -0.15) is 0 Å². The Labute approximate surface area is 113 Å². The molecule has 4 heteroatoms. The van der Waals surface area contributed by atoms with Crippen LogP contribution in [0, 0.1) is 6.92 Å². The monoisotopic (exact) mass is 259 g/mol. The van der Waals surface area contributed by atoms with E-state index in [1.807, 2.05) is 51.2 Å². The molecule has 102 valence electrons. The summed E-state index contributed by atoms with van der Waals surface area (Å²) in [7, 11) is 1.76. The summed E-state index contributed by atoms with van der Waals surface area (Å²) in [6.07, 6.45) is 2.61. The van der Waals surface area contributed by atoms with Crippen LogP contribution in [0.25, 0.3) is 5.69 Å². The molecule has 19 heavy (non-hydrogen) atoms. The molecule has 0 radical (unpaired) electrons. The minimum absolute atomic E-state index is 0.0262. The fraction of sp³-hybridized carbons (Fsp3) is 0.400. The van der Waals surface area contributed by atoms with Crippen LogP contribution >= 0.6 is 0 Å². The summed E-state index contributed by atoms with van der Waals surface area (Å²) in [5.74, 6) is 0. The molecule has 0 spiro atoms. The van der Waals surface area contributed by atoms with E-state index in [-0.39, 0.29) is 11.2 Å². The molecule has 1 aromatic carbocycles. The molecule has 2 rings (SSSR count). The van der Waals surface area contributed by atoms with Crippen LogP contribution in [0.3, 0.4) is 0 Å². The molecule has 1 aromatic heterocycles. The van der Waals surface area contributed by atoms with Gasteiger partial charge in [0.2, 0.25) is 0 Å². The van der Waals surface area contributed by atoms with Crippen molar-refractivity contribution in [1.82, 2.24) is 9.13 Å². The van der Waals surface area contributed by atoms with Crippen LogP contribution in [-0.2, 0) is 13.5 Å². The normalized spacial score (nSPS) is 11.8. The highest BCUT2D eigenvalue weighted by Gasteiger charge is 2.13. The van der Waals surface area contributed by atoms with E-state index in [4.69, 9.17) is 5.73 Å². The van der Waals surface area contributed by atoms with Gasteiger partial charge < -0.3 is 10.3 Å². The van der Waals surface area contributed by atoms with Crippen molar-refractivity contribution in [3.05, 3.63) is 52.2 Å². The van der Waals surface area contributed by atoms with Crippen molar-refractivity contribution in [2.24, 2.45) is 12.8 Å². The second-order valence-electron chi connectivity index (χ2n) is 5.83. The van der Waals surface area contributed by atoms with Crippen molar-refractivity contribution < 1.29 is 0 Å². The highest BCUT2D eigenvalue weighted by molar-refractivity contribution is 5.38. The number of nitrogens with zero attached hydrogens (tertiary/aromatic N) is 2. The van der Waals surface area contributed by atoms with Crippen LogP contribution in [0.4, 0.5) is 0 Å². The van der Waals surface area contributed by atoms with E-state index in [1.54, 1.807) is 16.2 Å². The number of rotatable bonds is 3. The van der Waals surface area contributed by atoms with Gasteiger partial charge in [0.1, 0.15) is 0 Å². The van der Waals surface area contributed by atoms with Gasteiger partial charge in [0, 0.05) is 24.5 Å². The van der Waals surface area contributed by atoms with Gasteiger partial charge >= 0.3 is 5.69 Å². The minimum Gasteiger partial charge on any atom is -0.325 e. The van der Waals surface area contributed by atoms with Gasteiger partial charge in [-0.1, -0.05) is 12.1 Å². The summed E-state index contributed by atoms with van der Waals surface area (Å²) < 4.78 is 3.31. The van der Waals surface area contributed by atoms with Crippen molar-refractivity contribution in [1.29, 1.82) is 0 Å². The van der Waals surface area contributed by atoms with Crippen LogP contribution in [-0.4, -0.2) is 14.7 Å². The summed E-state index contributed by atoms with van der Waals surface area (Å²) >= 11 is 0. The van der Waals surface area contributed by atoms with Crippen LogP contribution in [0.2, 0.25) is 0 Å². The predicted molar refractivity (Wildman–Crippen MR) is 77.7 cm³/mol. The minimum atomic E-state index is -0.255. The quantitative estimate of drug-likeness (QED) is 0.913. The maximum absolute atomic E-state index is 12.1. The zero-order valence-corrected chi connectivity index (χ0v) is 12.0. The Bertz CT molecular complexity index is 644. The number of imidazole rings is 1. The summed E-state index contributed by atoms with van der Waals surface area (Å²) in [5.41, 5.74) is 8.73. The zero-order valence-electron chi connectivity index (χ0n) is 12.0. The fourth-order valence-electron chi connectivity index (χ4n) is 2.35. The van der Waals surface area contributed by atoms with Gasteiger partial charge in [0.05, 0.1) is 5.69 Å². The Balaban J connectivity index is 2.47. The Morgan fingerprint density at radius 3 is 2.53 bits per heavy atom. The largest absolute Gasteiger partial charge is 0.332 e. The number of hydrogen-bond donors (Lipinski definition) is 1. The van der Waals surface area contributed by atoms with Gasteiger partial charge in [-0.05, 0) is 44.9 Å². The lowest BCUT2D eigenvalue weighted by Crippen LogP contribution is -2.34. The van der Waals surface area contributed by atoms with E-state index in [9.17, 15) is 4.79 Å². The van der Waals surface area contributed by atoms with Gasteiger partial charge in [0.25, 0.3) is 0 Å². The maximum atomic E-state index is 12.1. The SMILES string of the molecule is Cc1cn(C)c(=O)n1-c1cccc(CC(C)(C)N)c1. The second kappa shape index (κ2) is 4.70. The first-order chi connectivity index (χ1) is 8.78. The molecule has 0 aliphatic carbocycles. The highest BCUT2D eigenvalue weighted by atomic mass is 16.1. The summed E-state index contributed by atoms with van der Waals surface area (Å²) in [5, 5.41) is 0. The van der Waals surface area contributed by atoms with Crippen molar-refractivity contribution in [2.75, 3.05) is 0 Å². The molecule has 0 aliphatic heterocycles. The molecule has 1 heterocycles. The topological polar surface area (TPSA) is 53.0 Å². The van der Waals surface area contributed by atoms with Crippen LogP contribution in [0.15, 0.2) is 35.3 Å². The smallest absolute Gasteiger partial charge is 0.325 e. The second-order valence-corrected chi connectivity index (χ2v) is 5.83. The standard InChI is InChI=1S/C15H21N3O/c1-11-10-17(4)14(19)18(11)13-7-5-6-12(8-13)9-15(2,3)16/h5-8,10H,9,16H2,1-4H3. The molecule has 0 atom stereocenters. The van der Waals surface area contributed by atoms with E-state index in [0.717, 1.165) is 23.4 Å². The Kier molecular flexibility index (Phi) is 3.37. The summed E-state index contributed by atoms with van der Waals surface area (Å²) in [6, 6.07) is 7.99. The van der Waals surface area contributed by atoms with Gasteiger partial charge in [0.15, 0.2) is 0 Å². The van der Waals surface area contributed by atoms with E-state index in [1.165, 1.54) is 0 Å². The molecule has 0 saturated heterocycles. The van der Waals surface area contributed by atoms with E-state index < -0.39 is 0 Å². The Morgan fingerprint density at radius 2 is 2.00 bits per heavy atom.